The SMILES string of the molecule is CN([C@@H](Cc1ccc(C(=N)N)cc1)C(=O)N[C@@H](CCCCN)C(=O)N[C@@H](C(N)=O)c1ccccc1)S(=O)(=O)c1ccccc1. The van der Waals surface area contributed by atoms with Gasteiger partial charge in [-0.25, -0.2) is 8.42 Å². The van der Waals surface area contributed by atoms with Gasteiger partial charge in [0, 0.05) is 12.6 Å². The average Bonchev–Trinajstić information content (AvgIpc) is 3.02. The van der Waals surface area contributed by atoms with E-state index in [-0.39, 0.29) is 23.6 Å². The van der Waals surface area contributed by atoms with E-state index < -0.39 is 45.9 Å². The third-order valence-electron chi connectivity index (χ3n) is 7.14. The molecule has 44 heavy (non-hydrogen) atoms. The first-order chi connectivity index (χ1) is 20.9. The van der Waals surface area contributed by atoms with Gasteiger partial charge < -0.3 is 27.8 Å². The fraction of sp³-hybridized carbons (Fsp3) is 0.290. The van der Waals surface area contributed by atoms with Gasteiger partial charge in [0.15, 0.2) is 0 Å². The van der Waals surface area contributed by atoms with Crippen LogP contribution in [0.2, 0.25) is 0 Å². The first-order valence-electron chi connectivity index (χ1n) is 14.1. The monoisotopic (exact) mass is 621 g/mol. The van der Waals surface area contributed by atoms with Gasteiger partial charge in [0.2, 0.25) is 27.7 Å². The smallest absolute Gasteiger partial charge is 0.244 e. The Hall–Kier alpha value is -4.59. The molecule has 234 valence electrons. The van der Waals surface area contributed by atoms with Crippen LogP contribution in [0, 0.1) is 5.41 Å². The number of benzene rings is 3. The minimum Gasteiger partial charge on any atom is -0.384 e. The van der Waals surface area contributed by atoms with Crippen LogP contribution in [0.15, 0.2) is 89.8 Å². The molecule has 3 aromatic carbocycles. The van der Waals surface area contributed by atoms with Gasteiger partial charge in [-0.3, -0.25) is 19.8 Å². The molecule has 0 aliphatic rings. The first kappa shape index (κ1) is 33.9. The second-order valence-electron chi connectivity index (χ2n) is 10.3. The van der Waals surface area contributed by atoms with Crippen molar-refractivity contribution in [1.82, 2.24) is 14.9 Å². The van der Waals surface area contributed by atoms with Crippen LogP contribution in [-0.4, -0.2) is 62.0 Å². The van der Waals surface area contributed by atoms with E-state index in [1.54, 1.807) is 72.8 Å². The fourth-order valence-corrected chi connectivity index (χ4v) is 5.93. The summed E-state index contributed by atoms with van der Waals surface area (Å²) in [5, 5.41) is 13.0. The van der Waals surface area contributed by atoms with Gasteiger partial charge in [-0.1, -0.05) is 72.8 Å². The lowest BCUT2D eigenvalue weighted by Crippen LogP contribution is -2.55. The summed E-state index contributed by atoms with van der Waals surface area (Å²) in [6.07, 6.45) is 1.20. The average molecular weight is 622 g/mol. The number of hydrogen-bond donors (Lipinski definition) is 6. The molecule has 0 saturated heterocycles. The van der Waals surface area contributed by atoms with Gasteiger partial charge in [-0.2, -0.15) is 4.31 Å². The highest BCUT2D eigenvalue weighted by atomic mass is 32.2. The van der Waals surface area contributed by atoms with Crippen LogP contribution < -0.4 is 27.8 Å². The molecule has 13 heteroatoms. The van der Waals surface area contributed by atoms with Gasteiger partial charge in [0.25, 0.3) is 0 Å². The second-order valence-corrected chi connectivity index (χ2v) is 12.3. The summed E-state index contributed by atoms with van der Waals surface area (Å²) in [6, 6.07) is 19.1. The summed E-state index contributed by atoms with van der Waals surface area (Å²) in [7, 11) is -2.82. The molecule has 3 atom stereocenters. The Kier molecular flexibility index (Phi) is 12.1. The lowest BCUT2D eigenvalue weighted by Gasteiger charge is -2.29. The highest BCUT2D eigenvalue weighted by molar-refractivity contribution is 7.89. The van der Waals surface area contributed by atoms with Gasteiger partial charge >= 0.3 is 0 Å². The van der Waals surface area contributed by atoms with Crippen molar-refractivity contribution in [2.45, 2.75) is 48.7 Å². The van der Waals surface area contributed by atoms with Gasteiger partial charge in [-0.05, 0) is 55.5 Å². The molecular weight excluding hydrogens is 582 g/mol. The van der Waals surface area contributed by atoms with Crippen molar-refractivity contribution in [3.8, 4) is 0 Å². The highest BCUT2D eigenvalue weighted by Gasteiger charge is 2.35. The number of nitrogens with one attached hydrogen (secondary N) is 3. The number of hydrogen-bond acceptors (Lipinski definition) is 7. The lowest BCUT2D eigenvalue weighted by molar-refractivity contribution is -0.132. The maximum Gasteiger partial charge on any atom is 0.244 e. The maximum atomic E-state index is 13.9. The third kappa shape index (κ3) is 8.96. The van der Waals surface area contributed by atoms with E-state index in [9.17, 15) is 22.8 Å². The molecule has 0 bridgehead atoms. The van der Waals surface area contributed by atoms with Crippen LogP contribution in [0.4, 0.5) is 0 Å². The van der Waals surface area contributed by atoms with Crippen molar-refractivity contribution in [1.29, 1.82) is 5.41 Å². The van der Waals surface area contributed by atoms with E-state index in [0.717, 1.165) is 4.31 Å². The Morgan fingerprint density at radius 3 is 1.98 bits per heavy atom. The molecule has 0 radical (unpaired) electrons. The van der Waals surface area contributed by atoms with Gasteiger partial charge in [-0.15, -0.1) is 0 Å². The Bertz CT molecular complexity index is 1530. The van der Waals surface area contributed by atoms with Crippen LogP contribution in [0.1, 0.15) is 42.0 Å². The van der Waals surface area contributed by atoms with Crippen LogP contribution in [0.3, 0.4) is 0 Å². The molecule has 0 saturated carbocycles. The van der Waals surface area contributed by atoms with E-state index in [4.69, 9.17) is 22.6 Å². The van der Waals surface area contributed by atoms with E-state index in [2.05, 4.69) is 10.6 Å². The lowest BCUT2D eigenvalue weighted by atomic mass is 10.0. The van der Waals surface area contributed by atoms with E-state index in [1.165, 1.54) is 19.2 Å². The molecule has 3 rings (SSSR count). The minimum atomic E-state index is -4.13. The zero-order valence-electron chi connectivity index (χ0n) is 24.5. The zero-order valence-corrected chi connectivity index (χ0v) is 25.3. The summed E-state index contributed by atoms with van der Waals surface area (Å²) < 4.78 is 28.1. The number of amidine groups is 1. The molecule has 12 nitrogen and oxygen atoms in total. The topological polar surface area (TPSA) is 215 Å². The number of amides is 3. The molecule has 0 unspecified atom stereocenters. The molecular formula is C31H39N7O5S. The molecule has 3 aromatic rings. The van der Waals surface area contributed by atoms with Crippen molar-refractivity contribution >= 4 is 33.6 Å². The molecule has 0 aliphatic heterocycles. The highest BCUT2D eigenvalue weighted by Crippen LogP contribution is 2.20. The summed E-state index contributed by atoms with van der Waals surface area (Å²) in [4.78, 5) is 39.7. The number of primary amides is 1. The predicted molar refractivity (Wildman–Crippen MR) is 168 cm³/mol. The Morgan fingerprint density at radius 1 is 0.841 bits per heavy atom. The predicted octanol–water partition coefficient (Wildman–Crippen LogP) is 1.16. The number of carbonyl (C=O) groups excluding carboxylic acids is 3. The summed E-state index contributed by atoms with van der Waals surface area (Å²) in [5.74, 6) is -2.28. The zero-order chi connectivity index (χ0) is 32.3. The molecule has 0 aromatic heterocycles. The maximum absolute atomic E-state index is 13.9. The Balaban J connectivity index is 1.94. The minimum absolute atomic E-state index is 0.00312. The molecule has 0 aliphatic carbocycles. The molecule has 9 N–H and O–H groups in total. The van der Waals surface area contributed by atoms with Crippen molar-refractivity contribution in [2.75, 3.05) is 13.6 Å². The summed E-state index contributed by atoms with van der Waals surface area (Å²) in [6.45, 7) is 0.368. The van der Waals surface area contributed by atoms with E-state index in [1.807, 2.05) is 0 Å². The Morgan fingerprint density at radius 2 is 1.43 bits per heavy atom. The van der Waals surface area contributed by atoms with Gasteiger partial charge in [0.1, 0.15) is 24.0 Å². The Labute approximate surface area is 257 Å². The number of rotatable bonds is 16. The number of likely N-dealkylation sites (N-methyl/N-ethyl adjacent to an activating group) is 1. The van der Waals surface area contributed by atoms with Crippen molar-refractivity contribution in [2.24, 2.45) is 17.2 Å². The van der Waals surface area contributed by atoms with Crippen molar-refractivity contribution in [3.05, 3.63) is 102 Å². The third-order valence-corrected chi connectivity index (χ3v) is 9.02. The largest absolute Gasteiger partial charge is 0.384 e. The second kappa shape index (κ2) is 15.8. The summed E-state index contributed by atoms with van der Waals surface area (Å²) >= 11 is 0. The fourth-order valence-electron chi connectivity index (χ4n) is 4.59. The number of unbranched alkanes of at least 4 members (excludes halogenated alkanes) is 1. The van der Waals surface area contributed by atoms with Crippen LogP contribution in [-0.2, 0) is 30.8 Å². The molecule has 0 spiro atoms. The van der Waals surface area contributed by atoms with Crippen LogP contribution in [0.25, 0.3) is 0 Å². The van der Waals surface area contributed by atoms with E-state index in [0.29, 0.717) is 36.1 Å². The van der Waals surface area contributed by atoms with Crippen molar-refractivity contribution in [3.63, 3.8) is 0 Å². The van der Waals surface area contributed by atoms with Crippen LogP contribution >= 0.6 is 0 Å². The number of sulfonamides is 1. The molecule has 3 amide bonds. The standard InChI is InChI=1S/C31H39N7O5S/c1-38(44(42,43)24-12-6-3-7-13-24)26(20-21-15-17-23(18-16-21)28(33)34)31(41)36-25(14-8-9-19-32)30(40)37-27(29(35)39)22-10-4-2-5-11-22/h2-7,10-13,15-18,25-27H,8-9,14,19-20,32H2,1H3,(H3,33,34)(H2,35,39)(H,36,41)(H,37,40)/t25-,26-,27+/m0/s1. The van der Waals surface area contributed by atoms with Crippen molar-refractivity contribution < 1.29 is 22.8 Å². The first-order valence-corrected chi connectivity index (χ1v) is 15.5. The normalized spacial score (nSPS) is 13.4. The quantitative estimate of drug-likeness (QED) is 0.0779. The number of nitrogen functional groups attached to an aromatic ring is 1. The molecule has 0 fully saturated rings. The van der Waals surface area contributed by atoms with E-state index >= 15 is 0 Å². The number of nitrogens with zero attached hydrogens (tertiary/aromatic N) is 1. The number of carbonyl (C=O) groups is 3. The van der Waals surface area contributed by atoms with Gasteiger partial charge in [0.05, 0.1) is 4.90 Å². The van der Waals surface area contributed by atoms with Crippen LogP contribution in [0.5, 0.6) is 0 Å². The molecule has 0 heterocycles. The number of nitrogens with two attached hydrogens (primary N) is 3. The summed E-state index contributed by atoms with van der Waals surface area (Å²) in [5.41, 5.74) is 18.4.